The van der Waals surface area contributed by atoms with E-state index in [9.17, 15) is 13.2 Å². The van der Waals surface area contributed by atoms with Crippen LogP contribution in [0.15, 0.2) is 0 Å². The summed E-state index contributed by atoms with van der Waals surface area (Å²) >= 11 is 0. The number of nitrogens with one attached hydrogen (secondary N) is 1. The van der Waals surface area contributed by atoms with Gasteiger partial charge in [0, 0.05) is 19.1 Å². The summed E-state index contributed by atoms with van der Waals surface area (Å²) in [6.45, 7) is 5.00. The molecule has 0 bridgehead atoms. The molecule has 20 heavy (non-hydrogen) atoms. The Kier molecular flexibility index (Phi) is 6.91. The number of hydrogen-bond donors (Lipinski definition) is 2. The van der Waals surface area contributed by atoms with Crippen LogP contribution in [0.25, 0.3) is 0 Å². The van der Waals surface area contributed by atoms with Gasteiger partial charge in [-0.25, -0.2) is 13.1 Å². The second-order valence-electron chi connectivity index (χ2n) is 5.43. The highest BCUT2D eigenvalue weighted by Gasteiger charge is 2.27. The van der Waals surface area contributed by atoms with Gasteiger partial charge in [0.2, 0.25) is 15.9 Å². The van der Waals surface area contributed by atoms with Gasteiger partial charge in [-0.3, -0.25) is 4.79 Å². The van der Waals surface area contributed by atoms with E-state index < -0.39 is 16.1 Å². The van der Waals surface area contributed by atoms with Crippen molar-refractivity contribution in [2.24, 2.45) is 5.73 Å². The van der Waals surface area contributed by atoms with Crippen LogP contribution in [0, 0.1) is 0 Å². The smallest absolute Gasteiger partial charge is 0.239 e. The summed E-state index contributed by atoms with van der Waals surface area (Å²) in [5.74, 6) is 0.148. The van der Waals surface area contributed by atoms with Crippen LogP contribution < -0.4 is 10.5 Å². The van der Waals surface area contributed by atoms with Crippen molar-refractivity contribution < 1.29 is 13.2 Å². The molecule has 0 aliphatic carbocycles. The molecule has 6 nitrogen and oxygen atoms in total. The van der Waals surface area contributed by atoms with Gasteiger partial charge in [-0.1, -0.05) is 20.3 Å². The van der Waals surface area contributed by atoms with Gasteiger partial charge in [-0.2, -0.15) is 0 Å². The Bertz CT molecular complexity index is 403. The quantitative estimate of drug-likeness (QED) is 0.713. The highest BCUT2D eigenvalue weighted by Crippen LogP contribution is 2.13. The fourth-order valence-corrected chi connectivity index (χ4v) is 3.87. The number of carbonyl (C=O) groups excluding carboxylic acids is 1. The van der Waals surface area contributed by atoms with E-state index in [2.05, 4.69) is 4.72 Å². The number of hydrogen-bond acceptors (Lipinski definition) is 4. The molecule has 1 aliphatic rings. The van der Waals surface area contributed by atoms with Gasteiger partial charge in [-0.05, 0) is 25.7 Å². The van der Waals surface area contributed by atoms with E-state index >= 15 is 0 Å². The molecule has 7 heteroatoms. The summed E-state index contributed by atoms with van der Waals surface area (Å²) in [7, 11) is -3.17. The first-order valence-electron chi connectivity index (χ1n) is 7.44. The van der Waals surface area contributed by atoms with Crippen LogP contribution in [0.1, 0.15) is 46.0 Å². The maximum Gasteiger partial charge on any atom is 0.239 e. The van der Waals surface area contributed by atoms with Crippen molar-refractivity contribution in [1.82, 2.24) is 9.62 Å². The highest BCUT2D eigenvalue weighted by atomic mass is 32.2. The molecule has 0 aromatic carbocycles. The van der Waals surface area contributed by atoms with Crippen molar-refractivity contribution in [3.8, 4) is 0 Å². The molecule has 1 saturated heterocycles. The molecular weight excluding hydrogens is 278 g/mol. The van der Waals surface area contributed by atoms with Crippen molar-refractivity contribution in [1.29, 1.82) is 0 Å². The summed E-state index contributed by atoms with van der Waals surface area (Å²) in [6.07, 6.45) is 3.52. The zero-order valence-corrected chi connectivity index (χ0v) is 13.3. The average Bonchev–Trinajstić information content (AvgIpc) is 2.38. The molecule has 1 rings (SSSR count). The molecule has 0 spiro atoms. The highest BCUT2D eigenvalue weighted by molar-refractivity contribution is 7.89. The topological polar surface area (TPSA) is 92.5 Å². The van der Waals surface area contributed by atoms with E-state index in [0.29, 0.717) is 38.8 Å². The maximum absolute atomic E-state index is 12.0. The lowest BCUT2D eigenvalue weighted by atomic mass is 10.0. The number of rotatable bonds is 7. The van der Waals surface area contributed by atoms with Crippen molar-refractivity contribution in [3.05, 3.63) is 0 Å². The molecule has 1 unspecified atom stereocenters. The SMILES string of the molecule is CCCC(N)C(=O)N1CCC(NS(=O)(=O)CCC)CC1. The first-order chi connectivity index (χ1) is 9.39. The summed E-state index contributed by atoms with van der Waals surface area (Å²) in [6, 6.07) is -0.480. The van der Waals surface area contributed by atoms with Crippen LogP contribution >= 0.6 is 0 Å². The third-order valence-electron chi connectivity index (χ3n) is 3.54. The fraction of sp³-hybridized carbons (Fsp3) is 0.923. The monoisotopic (exact) mass is 305 g/mol. The molecule has 0 radical (unpaired) electrons. The molecule has 0 aromatic rings. The molecule has 0 aromatic heterocycles. The van der Waals surface area contributed by atoms with Gasteiger partial charge in [0.15, 0.2) is 0 Å². The van der Waals surface area contributed by atoms with E-state index in [-0.39, 0.29) is 17.7 Å². The first-order valence-corrected chi connectivity index (χ1v) is 9.09. The van der Waals surface area contributed by atoms with Gasteiger partial charge in [0.25, 0.3) is 0 Å². The molecule has 118 valence electrons. The van der Waals surface area contributed by atoms with Crippen LogP contribution in [0.2, 0.25) is 0 Å². The van der Waals surface area contributed by atoms with Crippen LogP contribution in [0.5, 0.6) is 0 Å². The third kappa shape index (κ3) is 5.38. The predicted octanol–water partition coefficient (Wildman–Crippen LogP) is 0.434. The number of sulfonamides is 1. The van der Waals surface area contributed by atoms with Crippen LogP contribution in [-0.4, -0.2) is 50.2 Å². The Hall–Kier alpha value is -0.660. The summed E-state index contributed by atoms with van der Waals surface area (Å²) in [4.78, 5) is 13.8. The van der Waals surface area contributed by atoms with Crippen molar-refractivity contribution in [2.45, 2.75) is 58.0 Å². The van der Waals surface area contributed by atoms with Gasteiger partial charge in [0.1, 0.15) is 0 Å². The standard InChI is InChI=1S/C13H27N3O3S/c1-3-5-12(14)13(17)16-8-6-11(7-9-16)15-20(18,19)10-4-2/h11-12,15H,3-10,14H2,1-2H3. The largest absolute Gasteiger partial charge is 0.341 e. The summed E-state index contributed by atoms with van der Waals surface area (Å²) in [5.41, 5.74) is 5.83. The summed E-state index contributed by atoms with van der Waals surface area (Å²) < 4.78 is 26.1. The summed E-state index contributed by atoms with van der Waals surface area (Å²) in [5, 5.41) is 0. The van der Waals surface area contributed by atoms with Crippen LogP contribution in [-0.2, 0) is 14.8 Å². The number of nitrogens with zero attached hydrogens (tertiary/aromatic N) is 1. The minimum atomic E-state index is -3.17. The number of piperidine rings is 1. The zero-order valence-electron chi connectivity index (χ0n) is 12.5. The van der Waals surface area contributed by atoms with E-state index in [1.54, 1.807) is 4.90 Å². The van der Waals surface area contributed by atoms with Crippen molar-refractivity contribution in [2.75, 3.05) is 18.8 Å². The van der Waals surface area contributed by atoms with Gasteiger partial charge >= 0.3 is 0 Å². The molecule has 1 atom stereocenters. The number of amides is 1. The van der Waals surface area contributed by atoms with E-state index in [1.165, 1.54) is 0 Å². The Balaban J connectivity index is 2.42. The predicted molar refractivity (Wildman–Crippen MR) is 79.7 cm³/mol. The number of likely N-dealkylation sites (tertiary alicyclic amines) is 1. The minimum absolute atomic E-state index is 0.0123. The van der Waals surface area contributed by atoms with Crippen molar-refractivity contribution in [3.63, 3.8) is 0 Å². The van der Waals surface area contributed by atoms with E-state index in [0.717, 1.165) is 6.42 Å². The molecule has 1 amide bonds. The lowest BCUT2D eigenvalue weighted by molar-refractivity contribution is -0.133. The molecule has 1 heterocycles. The van der Waals surface area contributed by atoms with E-state index in [1.807, 2.05) is 13.8 Å². The second-order valence-corrected chi connectivity index (χ2v) is 7.30. The number of carbonyl (C=O) groups is 1. The van der Waals surface area contributed by atoms with Crippen LogP contribution in [0.3, 0.4) is 0 Å². The molecule has 1 fully saturated rings. The Morgan fingerprint density at radius 2 is 1.90 bits per heavy atom. The zero-order chi connectivity index (χ0) is 15.2. The molecule has 3 N–H and O–H groups in total. The van der Waals surface area contributed by atoms with Gasteiger partial charge in [-0.15, -0.1) is 0 Å². The second kappa shape index (κ2) is 7.95. The maximum atomic E-state index is 12.0. The fourth-order valence-electron chi connectivity index (χ4n) is 2.47. The Morgan fingerprint density at radius 1 is 1.30 bits per heavy atom. The van der Waals surface area contributed by atoms with Crippen LogP contribution in [0.4, 0.5) is 0 Å². The Morgan fingerprint density at radius 3 is 2.40 bits per heavy atom. The van der Waals surface area contributed by atoms with E-state index in [4.69, 9.17) is 5.73 Å². The van der Waals surface area contributed by atoms with Gasteiger partial charge < -0.3 is 10.6 Å². The van der Waals surface area contributed by atoms with Gasteiger partial charge in [0.05, 0.1) is 11.8 Å². The molecule has 0 saturated carbocycles. The van der Waals surface area contributed by atoms with Crippen molar-refractivity contribution >= 4 is 15.9 Å². The lowest BCUT2D eigenvalue weighted by Gasteiger charge is -2.33. The normalized spacial score (nSPS) is 19.1. The molecular formula is C13H27N3O3S. The number of nitrogens with two attached hydrogens (primary N) is 1. The molecule has 1 aliphatic heterocycles. The minimum Gasteiger partial charge on any atom is -0.341 e. The third-order valence-corrected chi connectivity index (χ3v) is 5.18. The average molecular weight is 305 g/mol. The first kappa shape index (κ1) is 17.4. The lowest BCUT2D eigenvalue weighted by Crippen LogP contribution is -2.51. The Labute approximate surface area is 122 Å².